The molecule has 1 aromatic rings. The number of hydrogen-bond donors (Lipinski definition) is 1. The van der Waals surface area contributed by atoms with Gasteiger partial charge in [-0.15, -0.1) is 11.3 Å². The second-order valence-electron chi connectivity index (χ2n) is 4.03. The maximum absolute atomic E-state index is 11.5. The molecular formula is C10H15NO2S. The van der Waals surface area contributed by atoms with E-state index in [4.69, 9.17) is 10.5 Å². The molecule has 1 heterocycles. The van der Waals surface area contributed by atoms with Crippen LogP contribution >= 0.6 is 11.3 Å². The van der Waals surface area contributed by atoms with Gasteiger partial charge in [0.1, 0.15) is 10.5 Å². The lowest BCUT2D eigenvalue weighted by molar-refractivity contribution is 0.00752. The number of rotatable bonds is 2. The molecule has 0 saturated heterocycles. The SMILES string of the molecule is CC(C)(C)OC(=O)c1cc(CN)cs1. The summed E-state index contributed by atoms with van der Waals surface area (Å²) >= 11 is 1.37. The minimum absolute atomic E-state index is 0.276. The third-order valence-corrected chi connectivity index (χ3v) is 2.45. The van der Waals surface area contributed by atoms with Crippen molar-refractivity contribution in [2.24, 2.45) is 5.73 Å². The Bertz CT molecular complexity index is 325. The molecule has 0 aliphatic carbocycles. The Morgan fingerprint density at radius 3 is 2.64 bits per heavy atom. The first kappa shape index (κ1) is 11.2. The lowest BCUT2D eigenvalue weighted by Crippen LogP contribution is -2.23. The zero-order valence-corrected chi connectivity index (χ0v) is 9.48. The number of nitrogens with two attached hydrogens (primary N) is 1. The van der Waals surface area contributed by atoms with Gasteiger partial charge in [0.05, 0.1) is 0 Å². The maximum atomic E-state index is 11.5. The van der Waals surface area contributed by atoms with Crippen molar-refractivity contribution in [1.29, 1.82) is 0 Å². The van der Waals surface area contributed by atoms with Crippen molar-refractivity contribution >= 4 is 17.3 Å². The van der Waals surface area contributed by atoms with Crippen LogP contribution in [0.3, 0.4) is 0 Å². The molecule has 0 aliphatic heterocycles. The summed E-state index contributed by atoms with van der Waals surface area (Å²) in [6.45, 7) is 6.01. The van der Waals surface area contributed by atoms with Crippen molar-refractivity contribution in [1.82, 2.24) is 0 Å². The van der Waals surface area contributed by atoms with E-state index in [2.05, 4.69) is 0 Å². The number of carbonyl (C=O) groups excluding carboxylic acids is 1. The van der Waals surface area contributed by atoms with Crippen LogP contribution in [0.25, 0.3) is 0 Å². The first-order valence-corrected chi connectivity index (χ1v) is 5.31. The van der Waals surface area contributed by atoms with Crippen molar-refractivity contribution in [3.63, 3.8) is 0 Å². The van der Waals surface area contributed by atoms with Crippen molar-refractivity contribution in [3.05, 3.63) is 21.9 Å². The Balaban J connectivity index is 2.70. The van der Waals surface area contributed by atoms with Crippen molar-refractivity contribution in [2.75, 3.05) is 0 Å². The van der Waals surface area contributed by atoms with Gasteiger partial charge in [-0.25, -0.2) is 4.79 Å². The highest BCUT2D eigenvalue weighted by Gasteiger charge is 2.18. The summed E-state index contributed by atoms with van der Waals surface area (Å²) < 4.78 is 5.21. The fourth-order valence-electron chi connectivity index (χ4n) is 0.918. The minimum atomic E-state index is -0.441. The average Bonchev–Trinajstić information content (AvgIpc) is 2.48. The van der Waals surface area contributed by atoms with E-state index in [-0.39, 0.29) is 5.97 Å². The standard InChI is InChI=1S/C10H15NO2S/c1-10(2,3)13-9(12)8-4-7(5-11)6-14-8/h4,6H,5,11H2,1-3H3. The van der Waals surface area contributed by atoms with E-state index in [0.717, 1.165) is 5.56 Å². The third kappa shape index (κ3) is 3.12. The molecular weight excluding hydrogens is 198 g/mol. The smallest absolute Gasteiger partial charge is 0.348 e. The highest BCUT2D eigenvalue weighted by Crippen LogP contribution is 2.18. The van der Waals surface area contributed by atoms with Crippen LogP contribution in [-0.2, 0) is 11.3 Å². The number of esters is 1. The molecule has 0 atom stereocenters. The van der Waals surface area contributed by atoms with Crippen molar-refractivity contribution in [2.45, 2.75) is 32.9 Å². The van der Waals surface area contributed by atoms with Crippen LogP contribution in [0.1, 0.15) is 36.0 Å². The maximum Gasteiger partial charge on any atom is 0.348 e. The van der Waals surface area contributed by atoms with Gasteiger partial charge < -0.3 is 10.5 Å². The van der Waals surface area contributed by atoms with Gasteiger partial charge in [0.15, 0.2) is 0 Å². The molecule has 0 unspecified atom stereocenters. The predicted octanol–water partition coefficient (Wildman–Crippen LogP) is 2.16. The molecule has 3 nitrogen and oxygen atoms in total. The van der Waals surface area contributed by atoms with Crippen LogP contribution in [0.4, 0.5) is 0 Å². The molecule has 0 aliphatic rings. The van der Waals surface area contributed by atoms with Gasteiger partial charge in [-0.3, -0.25) is 0 Å². The number of hydrogen-bond acceptors (Lipinski definition) is 4. The molecule has 0 aromatic carbocycles. The Morgan fingerprint density at radius 1 is 1.57 bits per heavy atom. The molecule has 1 rings (SSSR count). The van der Waals surface area contributed by atoms with Crippen molar-refractivity contribution in [3.8, 4) is 0 Å². The summed E-state index contributed by atoms with van der Waals surface area (Å²) in [5.74, 6) is -0.276. The quantitative estimate of drug-likeness (QED) is 0.766. The van der Waals surface area contributed by atoms with Crippen molar-refractivity contribution < 1.29 is 9.53 Å². The minimum Gasteiger partial charge on any atom is -0.456 e. The molecule has 0 radical (unpaired) electrons. The van der Waals surface area contributed by atoms with E-state index >= 15 is 0 Å². The van der Waals surface area contributed by atoms with E-state index in [1.165, 1.54) is 11.3 Å². The second kappa shape index (κ2) is 4.11. The Labute approximate surface area is 87.9 Å². The highest BCUT2D eigenvalue weighted by molar-refractivity contribution is 7.12. The normalized spacial score (nSPS) is 11.4. The highest BCUT2D eigenvalue weighted by atomic mass is 32.1. The topological polar surface area (TPSA) is 52.3 Å². The van der Waals surface area contributed by atoms with Gasteiger partial charge >= 0.3 is 5.97 Å². The van der Waals surface area contributed by atoms with Gasteiger partial charge in [0, 0.05) is 6.54 Å². The molecule has 14 heavy (non-hydrogen) atoms. The fourth-order valence-corrected chi connectivity index (χ4v) is 1.72. The molecule has 0 bridgehead atoms. The number of ether oxygens (including phenoxy) is 1. The largest absolute Gasteiger partial charge is 0.456 e. The molecule has 2 N–H and O–H groups in total. The first-order valence-electron chi connectivity index (χ1n) is 4.43. The summed E-state index contributed by atoms with van der Waals surface area (Å²) in [6, 6.07) is 1.78. The Morgan fingerprint density at radius 2 is 2.21 bits per heavy atom. The fraction of sp³-hybridized carbons (Fsp3) is 0.500. The van der Waals surface area contributed by atoms with Gasteiger partial charge in [-0.1, -0.05) is 0 Å². The van der Waals surface area contributed by atoms with Gasteiger partial charge in [-0.05, 0) is 37.8 Å². The molecule has 0 saturated carbocycles. The predicted molar refractivity (Wildman–Crippen MR) is 57.4 cm³/mol. The molecule has 0 fully saturated rings. The van der Waals surface area contributed by atoms with Crippen LogP contribution < -0.4 is 5.73 Å². The third-order valence-electron chi connectivity index (χ3n) is 1.49. The Hall–Kier alpha value is -0.870. The monoisotopic (exact) mass is 213 g/mol. The second-order valence-corrected chi connectivity index (χ2v) is 4.94. The van der Waals surface area contributed by atoms with Crippen LogP contribution in [0, 0.1) is 0 Å². The van der Waals surface area contributed by atoms with E-state index < -0.39 is 5.60 Å². The van der Waals surface area contributed by atoms with E-state index in [1.54, 1.807) is 6.07 Å². The summed E-state index contributed by atoms with van der Waals surface area (Å²) in [4.78, 5) is 12.1. The van der Waals surface area contributed by atoms with Gasteiger partial charge in [-0.2, -0.15) is 0 Å². The molecule has 0 spiro atoms. The summed E-state index contributed by atoms with van der Waals surface area (Å²) in [5.41, 5.74) is 5.97. The number of thiophene rings is 1. The molecule has 78 valence electrons. The van der Waals surface area contributed by atoms with E-state index in [9.17, 15) is 4.79 Å². The van der Waals surface area contributed by atoms with E-state index in [0.29, 0.717) is 11.4 Å². The lowest BCUT2D eigenvalue weighted by Gasteiger charge is -2.18. The number of carbonyl (C=O) groups is 1. The van der Waals surface area contributed by atoms with Gasteiger partial charge in [0.2, 0.25) is 0 Å². The molecule has 1 aromatic heterocycles. The average molecular weight is 213 g/mol. The van der Waals surface area contributed by atoms with Crippen LogP contribution in [0.15, 0.2) is 11.4 Å². The van der Waals surface area contributed by atoms with Crippen LogP contribution in [0.2, 0.25) is 0 Å². The summed E-state index contributed by atoms with van der Waals surface area (Å²) in [5, 5.41) is 1.87. The molecule has 4 heteroatoms. The van der Waals surface area contributed by atoms with E-state index in [1.807, 2.05) is 26.2 Å². The van der Waals surface area contributed by atoms with Crippen LogP contribution in [0.5, 0.6) is 0 Å². The lowest BCUT2D eigenvalue weighted by atomic mass is 10.2. The Kier molecular flexibility index (Phi) is 3.29. The van der Waals surface area contributed by atoms with Gasteiger partial charge in [0.25, 0.3) is 0 Å². The zero-order valence-electron chi connectivity index (χ0n) is 8.66. The zero-order chi connectivity index (χ0) is 10.8. The summed E-state index contributed by atoms with van der Waals surface area (Å²) in [7, 11) is 0. The first-order chi connectivity index (χ1) is 6.42. The molecule has 0 amide bonds. The summed E-state index contributed by atoms with van der Waals surface area (Å²) in [6.07, 6.45) is 0. The van der Waals surface area contributed by atoms with Crippen LogP contribution in [-0.4, -0.2) is 11.6 Å².